The van der Waals surface area contributed by atoms with E-state index in [4.69, 9.17) is 0 Å². The van der Waals surface area contributed by atoms with Crippen LogP contribution in [0.15, 0.2) is 328 Å². The highest BCUT2D eigenvalue weighted by Crippen LogP contribution is 2.67. The van der Waals surface area contributed by atoms with Gasteiger partial charge < -0.3 is 0 Å². The minimum atomic E-state index is -0.233. The van der Waals surface area contributed by atoms with Crippen LogP contribution in [0.25, 0.3) is 99.1 Å². The first kappa shape index (κ1) is 87.3. The Labute approximate surface area is 671 Å². The molecule has 0 unspecified atom stereocenters. The molecule has 21 rings (SSSR count). The normalized spacial score (nSPS) is 12.0. The lowest BCUT2D eigenvalue weighted by atomic mass is 9.70. The molecule has 0 fully saturated rings. The molecule has 0 N–H and O–H groups in total. The molecular weight excluding hydrogens is 1330 g/mol. The van der Waals surface area contributed by atoms with E-state index in [1.165, 1.54) is 166 Å². The largest absolute Gasteiger partial charge is 0.0725 e. The average molecular weight is 1460 g/mol. The fraction of sp³-hybridized carbons (Fsp3) is 0.243. The molecule has 0 bridgehead atoms. The van der Waals surface area contributed by atoms with Crippen molar-refractivity contribution in [1.29, 1.82) is 0 Å². The number of benzene rings is 15. The summed E-state index contributed by atoms with van der Waals surface area (Å²) in [6.45, 7) is 48.0. The first-order valence-corrected chi connectivity index (χ1v) is 42.7. The van der Waals surface area contributed by atoms with Crippen LogP contribution in [0.4, 0.5) is 0 Å². The molecule has 6 aliphatic carbocycles. The predicted octanol–water partition coefficient (Wildman–Crippen LogP) is 33.9. The van der Waals surface area contributed by atoms with E-state index in [1.54, 1.807) is 0 Å². The Bertz CT molecular complexity index is 4760. The van der Waals surface area contributed by atoms with Crippen LogP contribution in [0.3, 0.4) is 0 Å². The maximum Gasteiger partial charge on any atom is 0.0725 e. The van der Waals surface area contributed by atoms with E-state index in [1.807, 2.05) is 166 Å². The van der Waals surface area contributed by atoms with E-state index in [0.717, 1.165) is 0 Å². The summed E-state index contributed by atoms with van der Waals surface area (Å²) in [4.78, 5) is 0. The summed E-state index contributed by atoms with van der Waals surface area (Å²) in [6, 6.07) is 121. The van der Waals surface area contributed by atoms with Crippen LogP contribution in [0.2, 0.25) is 0 Å². The van der Waals surface area contributed by atoms with Crippen LogP contribution in [0.1, 0.15) is 233 Å². The Balaban J connectivity index is 0.000000203. The third-order valence-electron chi connectivity index (χ3n) is 20.7. The fourth-order valence-electron chi connectivity index (χ4n) is 17.6. The fourth-order valence-corrected chi connectivity index (χ4v) is 17.6. The summed E-state index contributed by atoms with van der Waals surface area (Å²) in [5.74, 6) is 0. The molecule has 111 heavy (non-hydrogen) atoms. The molecular formula is C111H126. The van der Waals surface area contributed by atoms with Crippen LogP contribution in [-0.2, 0) is 16.2 Å². The molecule has 0 radical (unpaired) electrons. The van der Waals surface area contributed by atoms with Crippen molar-refractivity contribution in [2.24, 2.45) is 0 Å². The van der Waals surface area contributed by atoms with Gasteiger partial charge in [0.25, 0.3) is 0 Å². The van der Waals surface area contributed by atoms with Gasteiger partial charge in [0.05, 0.1) is 16.2 Å². The lowest BCUT2D eigenvalue weighted by Gasteiger charge is -2.30. The molecule has 3 spiro atoms. The Morgan fingerprint density at radius 2 is 0.252 bits per heavy atom. The van der Waals surface area contributed by atoms with Crippen molar-refractivity contribution < 1.29 is 0 Å². The van der Waals surface area contributed by atoms with Crippen molar-refractivity contribution >= 4 is 32.3 Å². The molecule has 0 heterocycles. The van der Waals surface area contributed by atoms with Gasteiger partial charge in [0.2, 0.25) is 0 Å². The molecule has 15 aromatic carbocycles. The zero-order valence-corrected chi connectivity index (χ0v) is 71.7. The van der Waals surface area contributed by atoms with Crippen molar-refractivity contribution in [3.8, 4) is 66.8 Å². The Morgan fingerprint density at radius 3 is 0.432 bits per heavy atom. The summed E-state index contributed by atoms with van der Waals surface area (Å²) in [5.41, 5.74) is 32.6. The van der Waals surface area contributed by atoms with Crippen molar-refractivity contribution in [3.05, 3.63) is 394 Å². The minimum absolute atomic E-state index is 0.233. The van der Waals surface area contributed by atoms with E-state index >= 15 is 0 Å². The van der Waals surface area contributed by atoms with Crippen molar-refractivity contribution in [2.45, 2.75) is 182 Å². The molecule has 15 aromatic rings. The highest BCUT2D eigenvalue weighted by Gasteiger charge is 2.55. The predicted molar refractivity (Wildman–Crippen MR) is 497 cm³/mol. The van der Waals surface area contributed by atoms with Gasteiger partial charge in [-0.2, -0.15) is 0 Å². The molecule has 0 saturated carbocycles. The quantitative estimate of drug-likeness (QED) is 0.142. The van der Waals surface area contributed by atoms with Gasteiger partial charge in [-0.3, -0.25) is 0 Å². The SMILES string of the molecule is CC.CC.CC.CC.CC.CC.CC.CC.CC.CC.CC.CC.c1ccc2c(c1)-c1ccccc1C21c2ccccc2-c2c1ccc1ccccc21.c1ccc2c(c1)-c1ccccc1C21c2ccccc2-c2c1ccc1ccccc21.c1ccc2c(c1)-c1ccccc1C21c2ccccc2-c2c1ccc1ccccc21. The first-order chi connectivity index (χ1) is 55.2. The zero-order chi connectivity index (χ0) is 81.0. The highest BCUT2D eigenvalue weighted by molar-refractivity contribution is 6.09. The van der Waals surface area contributed by atoms with Gasteiger partial charge in [-0.05, 0) is 166 Å². The van der Waals surface area contributed by atoms with Crippen molar-refractivity contribution in [2.75, 3.05) is 0 Å². The number of fused-ring (bicyclic) bond motifs is 36. The maximum atomic E-state index is 2.37. The van der Waals surface area contributed by atoms with Gasteiger partial charge in [0, 0.05) is 0 Å². The summed E-state index contributed by atoms with van der Waals surface area (Å²) < 4.78 is 0. The Kier molecular flexibility index (Phi) is 32.8. The third-order valence-corrected chi connectivity index (χ3v) is 20.7. The monoisotopic (exact) mass is 1460 g/mol. The number of rotatable bonds is 0. The van der Waals surface area contributed by atoms with Crippen molar-refractivity contribution in [3.63, 3.8) is 0 Å². The summed E-state index contributed by atoms with van der Waals surface area (Å²) in [5, 5.41) is 7.94. The summed E-state index contributed by atoms with van der Waals surface area (Å²) in [7, 11) is 0. The molecule has 6 aliphatic rings. The Hall–Kier alpha value is -10.9. The van der Waals surface area contributed by atoms with Crippen LogP contribution in [0, 0.1) is 0 Å². The van der Waals surface area contributed by atoms with E-state index in [0.29, 0.717) is 0 Å². The van der Waals surface area contributed by atoms with Gasteiger partial charge >= 0.3 is 0 Å². The lowest BCUT2D eigenvalue weighted by Crippen LogP contribution is -2.25. The van der Waals surface area contributed by atoms with Gasteiger partial charge in [-0.1, -0.05) is 494 Å². The molecule has 0 saturated heterocycles. The van der Waals surface area contributed by atoms with E-state index in [9.17, 15) is 0 Å². The van der Waals surface area contributed by atoms with E-state index < -0.39 is 0 Å². The smallest absolute Gasteiger partial charge is 0.0683 e. The van der Waals surface area contributed by atoms with Gasteiger partial charge in [0.15, 0.2) is 0 Å². The van der Waals surface area contributed by atoms with Crippen LogP contribution < -0.4 is 0 Å². The molecule has 0 nitrogen and oxygen atoms in total. The average Bonchev–Trinajstić information content (AvgIpc) is 1.52. The minimum Gasteiger partial charge on any atom is -0.0683 e. The van der Waals surface area contributed by atoms with Gasteiger partial charge in [-0.25, -0.2) is 0 Å². The number of hydrogen-bond donors (Lipinski definition) is 0. The summed E-state index contributed by atoms with van der Waals surface area (Å²) >= 11 is 0. The van der Waals surface area contributed by atoms with Crippen molar-refractivity contribution in [1.82, 2.24) is 0 Å². The molecule has 570 valence electrons. The second kappa shape index (κ2) is 41.8. The topological polar surface area (TPSA) is 0 Å². The van der Waals surface area contributed by atoms with Crippen LogP contribution in [-0.4, -0.2) is 0 Å². The highest BCUT2D eigenvalue weighted by atomic mass is 14.6. The third kappa shape index (κ3) is 14.2. The molecule has 0 aromatic heterocycles. The summed E-state index contributed by atoms with van der Waals surface area (Å²) in [6.07, 6.45) is 0. The van der Waals surface area contributed by atoms with Gasteiger partial charge in [0.1, 0.15) is 0 Å². The second-order valence-corrected chi connectivity index (χ2v) is 24.3. The van der Waals surface area contributed by atoms with Gasteiger partial charge in [-0.15, -0.1) is 0 Å². The standard InChI is InChI=1S/3C29H18.12C2H6/c3*1-2-10-20-19(9-1)17-18-27-28(20)23-13-5-8-16-26(23)29(27)24-14-6-3-11-21(24)22-12-4-7-15-25(22)29;12*1-2/h3*1-18H;12*1-2H3. The lowest BCUT2D eigenvalue weighted by molar-refractivity contribution is 0.794. The molecule has 0 heteroatoms. The Morgan fingerprint density at radius 1 is 0.117 bits per heavy atom. The van der Waals surface area contributed by atoms with E-state index in [2.05, 4.69) is 328 Å². The molecule has 0 amide bonds. The molecule has 0 atom stereocenters. The van der Waals surface area contributed by atoms with Crippen LogP contribution in [0.5, 0.6) is 0 Å². The maximum absolute atomic E-state index is 2.37. The zero-order valence-electron chi connectivity index (χ0n) is 71.7. The molecule has 0 aliphatic heterocycles. The van der Waals surface area contributed by atoms with Crippen LogP contribution >= 0.6 is 0 Å². The number of hydrogen-bond acceptors (Lipinski definition) is 0. The second-order valence-electron chi connectivity index (χ2n) is 24.3. The first-order valence-electron chi connectivity index (χ1n) is 42.7. The van der Waals surface area contributed by atoms with E-state index in [-0.39, 0.29) is 16.2 Å².